The maximum Gasteiger partial charge on any atom is 0.243 e. The van der Waals surface area contributed by atoms with Gasteiger partial charge in [-0.25, -0.2) is 8.42 Å². The van der Waals surface area contributed by atoms with Crippen LogP contribution in [0.1, 0.15) is 31.7 Å². The molecule has 9 heteroatoms. The fourth-order valence-corrected chi connectivity index (χ4v) is 4.82. The van der Waals surface area contributed by atoms with E-state index in [4.69, 9.17) is 4.74 Å². The van der Waals surface area contributed by atoms with Crippen LogP contribution in [0, 0.1) is 0 Å². The second-order valence-electron chi connectivity index (χ2n) is 6.07. The molecule has 1 saturated heterocycles. The molecule has 1 heterocycles. The maximum absolute atomic E-state index is 13.0. The lowest BCUT2D eigenvalue weighted by atomic mass is 10.2. The molecule has 7 nitrogen and oxygen atoms in total. The van der Waals surface area contributed by atoms with Crippen molar-refractivity contribution in [1.82, 2.24) is 14.9 Å². The number of amides is 1. The predicted molar refractivity (Wildman–Crippen MR) is 103 cm³/mol. The highest BCUT2D eigenvalue weighted by Crippen LogP contribution is 2.29. The van der Waals surface area contributed by atoms with Gasteiger partial charge in [-0.2, -0.15) is 4.31 Å². The van der Waals surface area contributed by atoms with Crippen LogP contribution < -0.4 is 15.4 Å². The van der Waals surface area contributed by atoms with E-state index in [0.29, 0.717) is 30.8 Å². The van der Waals surface area contributed by atoms with Gasteiger partial charge in [0.1, 0.15) is 5.75 Å². The van der Waals surface area contributed by atoms with Gasteiger partial charge in [0.25, 0.3) is 0 Å². The normalized spacial score (nSPS) is 17.6. The number of halogens is 1. The van der Waals surface area contributed by atoms with Gasteiger partial charge in [-0.05, 0) is 38.1 Å². The lowest BCUT2D eigenvalue weighted by Gasteiger charge is -2.24. The second kappa shape index (κ2) is 10.1. The SMILES string of the molecule is CCC(=O)NCc1cc(S(=O)(=O)N2CCCC2CNC)ccc1OC.Cl. The monoisotopic (exact) mass is 405 g/mol. The number of rotatable bonds is 8. The Kier molecular flexibility index (Phi) is 8.82. The Morgan fingerprint density at radius 2 is 2.12 bits per heavy atom. The third-order valence-corrected chi connectivity index (χ3v) is 6.37. The molecule has 26 heavy (non-hydrogen) atoms. The van der Waals surface area contributed by atoms with E-state index in [1.807, 2.05) is 7.05 Å². The highest BCUT2D eigenvalue weighted by molar-refractivity contribution is 7.89. The van der Waals surface area contributed by atoms with Crippen LogP contribution in [0.3, 0.4) is 0 Å². The van der Waals surface area contributed by atoms with E-state index >= 15 is 0 Å². The van der Waals surface area contributed by atoms with Gasteiger partial charge in [0.2, 0.25) is 15.9 Å². The summed E-state index contributed by atoms with van der Waals surface area (Å²) in [5.41, 5.74) is 0.648. The van der Waals surface area contributed by atoms with Crippen LogP contribution in [0.2, 0.25) is 0 Å². The molecule has 0 aliphatic carbocycles. The number of ether oxygens (including phenoxy) is 1. The molecule has 0 aromatic heterocycles. The summed E-state index contributed by atoms with van der Waals surface area (Å²) in [5, 5.41) is 5.82. The smallest absolute Gasteiger partial charge is 0.243 e. The molecule has 1 amide bonds. The molecule has 1 unspecified atom stereocenters. The van der Waals surface area contributed by atoms with Gasteiger partial charge >= 0.3 is 0 Å². The molecule has 1 aromatic rings. The number of carbonyl (C=O) groups is 1. The lowest BCUT2D eigenvalue weighted by Crippen LogP contribution is -2.40. The molecule has 0 bridgehead atoms. The first-order valence-corrected chi connectivity index (χ1v) is 9.98. The number of hydrogen-bond donors (Lipinski definition) is 2. The number of likely N-dealkylation sites (N-methyl/N-ethyl adjacent to an activating group) is 1. The zero-order valence-corrected chi connectivity index (χ0v) is 17.1. The molecule has 1 aliphatic rings. The van der Waals surface area contributed by atoms with Crippen molar-refractivity contribution in [2.45, 2.75) is 43.7 Å². The van der Waals surface area contributed by atoms with E-state index in [1.54, 1.807) is 29.4 Å². The van der Waals surface area contributed by atoms with Crippen molar-refractivity contribution in [3.05, 3.63) is 23.8 Å². The minimum Gasteiger partial charge on any atom is -0.496 e. The quantitative estimate of drug-likeness (QED) is 0.684. The Labute approximate surface area is 161 Å². The Balaban J connectivity index is 0.00000338. The number of benzene rings is 1. The Hall–Kier alpha value is -1.35. The van der Waals surface area contributed by atoms with Crippen LogP contribution in [0.15, 0.2) is 23.1 Å². The molecular formula is C17H28ClN3O4S. The van der Waals surface area contributed by atoms with Gasteiger partial charge < -0.3 is 15.4 Å². The first-order chi connectivity index (χ1) is 11.9. The van der Waals surface area contributed by atoms with Crippen molar-refractivity contribution in [3.63, 3.8) is 0 Å². The zero-order chi connectivity index (χ0) is 18.4. The van der Waals surface area contributed by atoms with Crippen molar-refractivity contribution in [2.75, 3.05) is 27.2 Å². The summed E-state index contributed by atoms with van der Waals surface area (Å²) in [6.45, 7) is 3.17. The number of nitrogens with one attached hydrogen (secondary N) is 2. The van der Waals surface area contributed by atoms with Gasteiger partial charge in [0.05, 0.1) is 12.0 Å². The minimum absolute atomic E-state index is 0. The van der Waals surface area contributed by atoms with Crippen molar-refractivity contribution in [2.24, 2.45) is 0 Å². The Morgan fingerprint density at radius 1 is 1.38 bits per heavy atom. The van der Waals surface area contributed by atoms with Crippen LogP contribution in [0.4, 0.5) is 0 Å². The van der Waals surface area contributed by atoms with E-state index < -0.39 is 10.0 Å². The van der Waals surface area contributed by atoms with Gasteiger partial charge in [-0.1, -0.05) is 6.92 Å². The number of nitrogens with zero attached hydrogens (tertiary/aromatic N) is 1. The molecule has 0 spiro atoms. The number of sulfonamides is 1. The largest absolute Gasteiger partial charge is 0.496 e. The molecule has 148 valence electrons. The van der Waals surface area contributed by atoms with Crippen molar-refractivity contribution >= 4 is 28.3 Å². The summed E-state index contributed by atoms with van der Waals surface area (Å²) >= 11 is 0. The van der Waals surface area contributed by atoms with Crippen LogP contribution in [0.25, 0.3) is 0 Å². The molecule has 2 N–H and O–H groups in total. The van der Waals surface area contributed by atoms with E-state index in [-0.39, 0.29) is 35.8 Å². The summed E-state index contributed by atoms with van der Waals surface area (Å²) in [4.78, 5) is 11.7. The fourth-order valence-electron chi connectivity index (χ4n) is 3.07. The molecular weight excluding hydrogens is 378 g/mol. The summed E-state index contributed by atoms with van der Waals surface area (Å²) in [7, 11) is -0.226. The molecule has 1 aliphatic heterocycles. The van der Waals surface area contributed by atoms with Crippen LogP contribution in [0.5, 0.6) is 5.75 Å². The van der Waals surface area contributed by atoms with E-state index in [9.17, 15) is 13.2 Å². The molecule has 2 rings (SSSR count). The topological polar surface area (TPSA) is 87.7 Å². The standard InChI is InChI=1S/C17H27N3O4S.ClH/c1-4-17(21)19-11-13-10-15(7-8-16(13)24-3)25(22,23)20-9-5-6-14(20)12-18-2;/h7-8,10,14,18H,4-6,9,11-12H2,1-3H3,(H,19,21);1H. The first-order valence-electron chi connectivity index (χ1n) is 8.54. The van der Waals surface area contributed by atoms with Crippen LogP contribution in [-0.2, 0) is 21.4 Å². The number of methoxy groups -OCH3 is 1. The zero-order valence-electron chi connectivity index (χ0n) is 15.4. The third-order valence-electron chi connectivity index (χ3n) is 4.42. The van der Waals surface area contributed by atoms with E-state index in [0.717, 1.165) is 12.8 Å². The molecule has 0 radical (unpaired) electrons. The maximum atomic E-state index is 13.0. The van der Waals surface area contributed by atoms with E-state index in [2.05, 4.69) is 10.6 Å². The van der Waals surface area contributed by atoms with Crippen molar-refractivity contribution < 1.29 is 17.9 Å². The average molecular weight is 406 g/mol. The summed E-state index contributed by atoms with van der Waals surface area (Å²) in [6, 6.07) is 4.77. The fraction of sp³-hybridized carbons (Fsp3) is 0.588. The highest BCUT2D eigenvalue weighted by Gasteiger charge is 2.35. The van der Waals surface area contributed by atoms with Crippen molar-refractivity contribution in [3.8, 4) is 5.75 Å². The summed E-state index contributed by atoms with van der Waals surface area (Å²) in [6.07, 6.45) is 2.09. The van der Waals surface area contributed by atoms with Crippen LogP contribution in [-0.4, -0.2) is 51.9 Å². The second-order valence-corrected chi connectivity index (χ2v) is 7.96. The summed E-state index contributed by atoms with van der Waals surface area (Å²) in [5.74, 6) is 0.465. The Morgan fingerprint density at radius 3 is 2.73 bits per heavy atom. The van der Waals surface area contributed by atoms with Gasteiger partial charge in [-0.3, -0.25) is 4.79 Å². The van der Waals surface area contributed by atoms with E-state index in [1.165, 1.54) is 7.11 Å². The van der Waals surface area contributed by atoms with Gasteiger partial charge in [0, 0.05) is 37.7 Å². The summed E-state index contributed by atoms with van der Waals surface area (Å²) < 4.78 is 32.9. The third kappa shape index (κ3) is 5.09. The number of carbonyl (C=O) groups excluding carboxylic acids is 1. The Bertz CT molecular complexity index is 712. The lowest BCUT2D eigenvalue weighted by molar-refractivity contribution is -0.120. The molecule has 1 atom stereocenters. The molecule has 0 saturated carbocycles. The van der Waals surface area contributed by atoms with Crippen LogP contribution >= 0.6 is 12.4 Å². The highest BCUT2D eigenvalue weighted by atomic mass is 35.5. The molecule has 1 aromatic carbocycles. The average Bonchev–Trinajstić information content (AvgIpc) is 3.08. The number of hydrogen-bond acceptors (Lipinski definition) is 5. The minimum atomic E-state index is -3.58. The molecule has 1 fully saturated rings. The van der Waals surface area contributed by atoms with Crippen molar-refractivity contribution in [1.29, 1.82) is 0 Å². The van der Waals surface area contributed by atoms with Gasteiger partial charge in [0.15, 0.2) is 0 Å². The predicted octanol–water partition coefficient (Wildman–Crippen LogP) is 1.52. The first kappa shape index (κ1) is 22.7. The van der Waals surface area contributed by atoms with Gasteiger partial charge in [-0.15, -0.1) is 12.4 Å².